The van der Waals surface area contributed by atoms with E-state index in [1.54, 1.807) is 0 Å². The molecule has 0 radical (unpaired) electrons. The molecule has 0 fully saturated rings. The fourth-order valence-corrected chi connectivity index (χ4v) is 1.21. The number of aldehydes is 2. The molecule has 0 spiro atoms. The van der Waals surface area contributed by atoms with E-state index in [0.717, 1.165) is 19.0 Å². The lowest BCUT2D eigenvalue weighted by atomic mass is 9.93. The zero-order chi connectivity index (χ0) is 8.69. The molecule has 0 aliphatic carbocycles. The van der Waals surface area contributed by atoms with Crippen molar-refractivity contribution in [2.75, 3.05) is 0 Å². The summed E-state index contributed by atoms with van der Waals surface area (Å²) in [6, 6.07) is 0. The summed E-state index contributed by atoms with van der Waals surface area (Å²) in [5.74, 6) is 0.838. The van der Waals surface area contributed by atoms with Gasteiger partial charge in [0.15, 0.2) is 0 Å². The van der Waals surface area contributed by atoms with Gasteiger partial charge >= 0.3 is 0 Å². The second-order valence-electron chi connectivity index (χ2n) is 3.25. The van der Waals surface area contributed by atoms with Crippen LogP contribution in [-0.4, -0.2) is 12.6 Å². The van der Waals surface area contributed by atoms with Gasteiger partial charge in [0.2, 0.25) is 0 Å². The Labute approximate surface area is 68.0 Å². The lowest BCUT2D eigenvalue weighted by Gasteiger charge is -2.11. The second-order valence-corrected chi connectivity index (χ2v) is 3.25. The van der Waals surface area contributed by atoms with Crippen molar-refractivity contribution in [3.05, 3.63) is 0 Å². The van der Waals surface area contributed by atoms with Crippen LogP contribution in [0.25, 0.3) is 0 Å². The Kier molecular flexibility index (Phi) is 5.71. The van der Waals surface area contributed by atoms with Gasteiger partial charge in [0.05, 0.1) is 0 Å². The Bertz CT molecular complexity index is 107. The molecule has 64 valence electrons. The third-order valence-corrected chi connectivity index (χ3v) is 1.80. The average molecular weight is 156 g/mol. The number of rotatable bonds is 6. The molecule has 2 heteroatoms. The van der Waals surface area contributed by atoms with E-state index in [2.05, 4.69) is 0 Å². The van der Waals surface area contributed by atoms with Crippen molar-refractivity contribution in [2.24, 2.45) is 11.8 Å². The van der Waals surface area contributed by atoms with Gasteiger partial charge in [-0.1, -0.05) is 13.8 Å². The van der Waals surface area contributed by atoms with E-state index in [9.17, 15) is 9.59 Å². The smallest absolute Gasteiger partial charge is 0.120 e. The molecule has 0 bridgehead atoms. The van der Waals surface area contributed by atoms with Crippen LogP contribution in [-0.2, 0) is 9.59 Å². The van der Waals surface area contributed by atoms with Crippen LogP contribution in [0.1, 0.15) is 33.1 Å². The summed E-state index contributed by atoms with van der Waals surface area (Å²) in [6.45, 7) is 4.07. The first kappa shape index (κ1) is 10.3. The molecule has 0 rings (SSSR count). The van der Waals surface area contributed by atoms with Gasteiger partial charge in [0, 0.05) is 12.8 Å². The predicted molar refractivity (Wildman–Crippen MR) is 44.3 cm³/mol. The molecule has 2 nitrogen and oxygen atoms in total. The molecule has 0 amide bonds. The normalized spacial score (nSPS) is 15.5. The second kappa shape index (κ2) is 6.08. The standard InChI is InChI=1S/C9H16O2/c1-8(3-5-10)7-9(2)4-6-11/h5-6,8-9H,3-4,7H2,1-2H3. The van der Waals surface area contributed by atoms with Crippen LogP contribution in [0.2, 0.25) is 0 Å². The van der Waals surface area contributed by atoms with Crippen LogP contribution in [0.4, 0.5) is 0 Å². The molecule has 0 saturated carbocycles. The van der Waals surface area contributed by atoms with Gasteiger partial charge < -0.3 is 9.59 Å². The van der Waals surface area contributed by atoms with E-state index < -0.39 is 0 Å². The lowest BCUT2D eigenvalue weighted by molar-refractivity contribution is -0.108. The summed E-state index contributed by atoms with van der Waals surface area (Å²) in [7, 11) is 0. The average Bonchev–Trinajstić information content (AvgIpc) is 1.87. The van der Waals surface area contributed by atoms with Gasteiger partial charge in [-0.05, 0) is 18.3 Å². The van der Waals surface area contributed by atoms with Gasteiger partial charge in [-0.15, -0.1) is 0 Å². The van der Waals surface area contributed by atoms with E-state index in [1.807, 2.05) is 13.8 Å². The Hall–Kier alpha value is -0.660. The minimum Gasteiger partial charge on any atom is -0.303 e. The van der Waals surface area contributed by atoms with Gasteiger partial charge in [-0.2, -0.15) is 0 Å². The van der Waals surface area contributed by atoms with Crippen molar-refractivity contribution < 1.29 is 9.59 Å². The summed E-state index contributed by atoms with van der Waals surface area (Å²) in [5, 5.41) is 0. The maximum absolute atomic E-state index is 10.1. The Balaban J connectivity index is 3.46. The third kappa shape index (κ3) is 5.77. The zero-order valence-electron chi connectivity index (χ0n) is 7.25. The molecule has 2 atom stereocenters. The highest BCUT2D eigenvalue weighted by Crippen LogP contribution is 2.15. The molecule has 0 N–H and O–H groups in total. The van der Waals surface area contributed by atoms with Gasteiger partial charge in [-0.25, -0.2) is 0 Å². The minimum absolute atomic E-state index is 0.419. The topological polar surface area (TPSA) is 34.1 Å². The van der Waals surface area contributed by atoms with Crippen LogP contribution in [0, 0.1) is 11.8 Å². The van der Waals surface area contributed by atoms with E-state index >= 15 is 0 Å². The number of carbonyl (C=O) groups excluding carboxylic acids is 2. The summed E-state index contributed by atoms with van der Waals surface area (Å²) in [5.41, 5.74) is 0. The van der Waals surface area contributed by atoms with E-state index in [0.29, 0.717) is 24.7 Å². The molecule has 0 saturated heterocycles. The SMILES string of the molecule is CC(CC=O)CC(C)CC=O. The van der Waals surface area contributed by atoms with Crippen LogP contribution in [0.15, 0.2) is 0 Å². The number of hydrogen-bond acceptors (Lipinski definition) is 2. The largest absolute Gasteiger partial charge is 0.303 e. The molecule has 2 unspecified atom stereocenters. The highest BCUT2D eigenvalue weighted by Gasteiger charge is 2.07. The summed E-state index contributed by atoms with van der Waals surface area (Å²) >= 11 is 0. The van der Waals surface area contributed by atoms with E-state index in [-0.39, 0.29) is 0 Å². The molecule has 0 aromatic heterocycles. The zero-order valence-corrected chi connectivity index (χ0v) is 7.25. The predicted octanol–water partition coefficient (Wildman–Crippen LogP) is 1.83. The van der Waals surface area contributed by atoms with Crippen LogP contribution < -0.4 is 0 Å². The maximum Gasteiger partial charge on any atom is 0.120 e. The first-order chi connectivity index (χ1) is 5.20. The third-order valence-electron chi connectivity index (χ3n) is 1.80. The van der Waals surface area contributed by atoms with Crippen molar-refractivity contribution in [2.45, 2.75) is 33.1 Å². The first-order valence-electron chi connectivity index (χ1n) is 4.08. The quantitative estimate of drug-likeness (QED) is 0.550. The summed E-state index contributed by atoms with van der Waals surface area (Å²) in [4.78, 5) is 20.2. The maximum atomic E-state index is 10.1. The molecular formula is C9H16O2. The highest BCUT2D eigenvalue weighted by molar-refractivity contribution is 5.50. The monoisotopic (exact) mass is 156 g/mol. The molecular weight excluding hydrogens is 140 g/mol. The first-order valence-corrected chi connectivity index (χ1v) is 4.08. The Morgan fingerprint density at radius 2 is 1.36 bits per heavy atom. The van der Waals surface area contributed by atoms with Crippen LogP contribution >= 0.6 is 0 Å². The highest BCUT2D eigenvalue weighted by atomic mass is 16.1. The van der Waals surface area contributed by atoms with Crippen molar-refractivity contribution >= 4 is 12.6 Å². The summed E-state index contributed by atoms with van der Waals surface area (Å²) < 4.78 is 0. The molecule has 0 aliphatic heterocycles. The minimum atomic E-state index is 0.419. The van der Waals surface area contributed by atoms with Crippen LogP contribution in [0.3, 0.4) is 0 Å². The fourth-order valence-electron chi connectivity index (χ4n) is 1.21. The molecule has 0 aromatic rings. The summed E-state index contributed by atoms with van der Waals surface area (Å²) in [6.07, 6.45) is 4.08. The molecule has 0 aliphatic rings. The molecule has 0 heterocycles. The number of carbonyl (C=O) groups is 2. The Morgan fingerprint density at radius 3 is 1.64 bits per heavy atom. The van der Waals surface area contributed by atoms with Gasteiger partial charge in [0.25, 0.3) is 0 Å². The molecule has 0 aromatic carbocycles. The fraction of sp³-hybridized carbons (Fsp3) is 0.778. The number of hydrogen-bond donors (Lipinski definition) is 0. The van der Waals surface area contributed by atoms with E-state index in [1.165, 1.54) is 0 Å². The van der Waals surface area contributed by atoms with Gasteiger partial charge in [-0.3, -0.25) is 0 Å². The van der Waals surface area contributed by atoms with Crippen molar-refractivity contribution in [1.29, 1.82) is 0 Å². The van der Waals surface area contributed by atoms with Gasteiger partial charge in [0.1, 0.15) is 12.6 Å². The van der Waals surface area contributed by atoms with Crippen molar-refractivity contribution in [1.82, 2.24) is 0 Å². The van der Waals surface area contributed by atoms with Crippen molar-refractivity contribution in [3.8, 4) is 0 Å². The Morgan fingerprint density at radius 1 is 1.00 bits per heavy atom. The lowest BCUT2D eigenvalue weighted by Crippen LogP contribution is -2.04. The van der Waals surface area contributed by atoms with E-state index in [4.69, 9.17) is 0 Å². The van der Waals surface area contributed by atoms with Crippen LogP contribution in [0.5, 0.6) is 0 Å². The van der Waals surface area contributed by atoms with Crippen molar-refractivity contribution in [3.63, 3.8) is 0 Å². The molecule has 11 heavy (non-hydrogen) atoms.